The summed E-state index contributed by atoms with van der Waals surface area (Å²) in [5.41, 5.74) is 2.65. The molecule has 1 aliphatic rings. The molecule has 2 aromatic heterocycles. The summed E-state index contributed by atoms with van der Waals surface area (Å²) in [6, 6.07) is 12.9. The van der Waals surface area contributed by atoms with Crippen LogP contribution in [0.15, 0.2) is 54.9 Å². The zero-order valence-corrected chi connectivity index (χ0v) is 18.2. The maximum absolute atomic E-state index is 12.7. The third kappa shape index (κ3) is 4.92. The fourth-order valence-corrected chi connectivity index (χ4v) is 4.49. The van der Waals surface area contributed by atoms with Crippen molar-refractivity contribution in [2.24, 2.45) is 0 Å². The Balaban J connectivity index is 1.38. The van der Waals surface area contributed by atoms with Gasteiger partial charge in [0.25, 0.3) is 0 Å². The molecule has 1 N–H and O–H groups in total. The van der Waals surface area contributed by atoms with E-state index in [0.29, 0.717) is 37.9 Å². The fourth-order valence-electron chi connectivity index (χ4n) is 3.34. The molecule has 31 heavy (non-hydrogen) atoms. The van der Waals surface area contributed by atoms with Crippen molar-refractivity contribution < 1.29 is 13.2 Å². The average molecular weight is 441 g/mol. The summed E-state index contributed by atoms with van der Waals surface area (Å²) >= 11 is 0. The largest absolute Gasteiger partial charge is 0.497 e. The van der Waals surface area contributed by atoms with E-state index >= 15 is 0 Å². The Bertz CT molecular complexity index is 1130. The SMILES string of the molecule is COc1ccc(-c2cnc(N3CCN(S(=O)(=O)Nc4cccc(C)n4)CC3)nc2)cc1. The molecule has 0 saturated carbocycles. The summed E-state index contributed by atoms with van der Waals surface area (Å²) in [7, 11) is -2.03. The second-order valence-electron chi connectivity index (χ2n) is 7.16. The molecule has 0 aliphatic carbocycles. The van der Waals surface area contributed by atoms with E-state index in [2.05, 4.69) is 19.7 Å². The highest BCUT2D eigenvalue weighted by Crippen LogP contribution is 2.22. The van der Waals surface area contributed by atoms with E-state index in [1.54, 1.807) is 31.6 Å². The zero-order chi connectivity index (χ0) is 21.8. The fraction of sp³-hybridized carbons (Fsp3) is 0.286. The Kier molecular flexibility index (Phi) is 6.01. The standard InChI is InChI=1S/C21H24N6O3S/c1-16-4-3-5-20(24-16)25-31(28,29)27-12-10-26(11-13-27)21-22-14-18(15-23-21)17-6-8-19(30-2)9-7-17/h3-9,14-15H,10-13H2,1-2H3,(H,24,25). The van der Waals surface area contributed by atoms with Crippen LogP contribution in [0.4, 0.5) is 11.8 Å². The Labute approximate surface area is 181 Å². The number of nitrogens with one attached hydrogen (secondary N) is 1. The number of aryl methyl sites for hydroxylation is 1. The number of hydrogen-bond donors (Lipinski definition) is 1. The molecule has 1 saturated heterocycles. The molecule has 1 aliphatic heterocycles. The molecule has 1 fully saturated rings. The van der Waals surface area contributed by atoms with Crippen LogP contribution in [-0.4, -0.2) is 61.0 Å². The number of methoxy groups -OCH3 is 1. The molecule has 10 heteroatoms. The number of hydrogen-bond acceptors (Lipinski definition) is 7. The van der Waals surface area contributed by atoms with Gasteiger partial charge in [0.05, 0.1) is 7.11 Å². The summed E-state index contributed by atoms with van der Waals surface area (Å²) in [6.45, 7) is 3.50. The van der Waals surface area contributed by atoms with Crippen molar-refractivity contribution in [1.82, 2.24) is 19.3 Å². The van der Waals surface area contributed by atoms with Gasteiger partial charge in [-0.3, -0.25) is 4.72 Å². The van der Waals surface area contributed by atoms with E-state index in [-0.39, 0.29) is 0 Å². The molecule has 0 atom stereocenters. The van der Waals surface area contributed by atoms with Crippen LogP contribution in [0.2, 0.25) is 0 Å². The lowest BCUT2D eigenvalue weighted by Crippen LogP contribution is -2.50. The molecular weight excluding hydrogens is 416 g/mol. The van der Waals surface area contributed by atoms with Gasteiger partial charge < -0.3 is 9.64 Å². The number of aromatic nitrogens is 3. The zero-order valence-electron chi connectivity index (χ0n) is 17.4. The van der Waals surface area contributed by atoms with E-state index in [9.17, 15) is 8.42 Å². The van der Waals surface area contributed by atoms with Crippen LogP contribution in [0.5, 0.6) is 5.75 Å². The van der Waals surface area contributed by atoms with E-state index in [1.165, 1.54) is 4.31 Å². The topological polar surface area (TPSA) is 101 Å². The molecule has 1 aromatic carbocycles. The summed E-state index contributed by atoms with van der Waals surface area (Å²) in [6.07, 6.45) is 3.55. The van der Waals surface area contributed by atoms with Crippen molar-refractivity contribution in [3.63, 3.8) is 0 Å². The second-order valence-corrected chi connectivity index (χ2v) is 8.83. The molecule has 4 rings (SSSR count). The van der Waals surface area contributed by atoms with Crippen molar-refractivity contribution in [2.45, 2.75) is 6.92 Å². The van der Waals surface area contributed by atoms with E-state index in [4.69, 9.17) is 4.74 Å². The highest BCUT2D eigenvalue weighted by atomic mass is 32.2. The summed E-state index contributed by atoms with van der Waals surface area (Å²) in [5.74, 6) is 1.70. The minimum atomic E-state index is -3.66. The smallest absolute Gasteiger partial charge is 0.302 e. The van der Waals surface area contributed by atoms with Crippen molar-refractivity contribution in [2.75, 3.05) is 42.9 Å². The molecule has 0 spiro atoms. The number of nitrogens with zero attached hydrogens (tertiary/aromatic N) is 5. The predicted octanol–water partition coefficient (Wildman–Crippen LogP) is 2.33. The Morgan fingerprint density at radius 1 is 0.935 bits per heavy atom. The van der Waals surface area contributed by atoms with Gasteiger partial charge in [-0.15, -0.1) is 0 Å². The number of rotatable bonds is 6. The molecule has 0 bridgehead atoms. The maximum Gasteiger partial charge on any atom is 0.302 e. The highest BCUT2D eigenvalue weighted by Gasteiger charge is 2.28. The van der Waals surface area contributed by atoms with Gasteiger partial charge in [-0.05, 0) is 36.8 Å². The van der Waals surface area contributed by atoms with Crippen LogP contribution < -0.4 is 14.4 Å². The maximum atomic E-state index is 12.7. The third-order valence-electron chi connectivity index (χ3n) is 5.04. The second kappa shape index (κ2) is 8.86. The average Bonchev–Trinajstić information content (AvgIpc) is 2.79. The van der Waals surface area contributed by atoms with E-state index in [1.807, 2.05) is 42.2 Å². The van der Waals surface area contributed by atoms with Crippen LogP contribution in [0, 0.1) is 6.92 Å². The molecule has 3 heterocycles. The normalized spacial score (nSPS) is 15.0. The van der Waals surface area contributed by atoms with Gasteiger partial charge in [0.2, 0.25) is 5.95 Å². The first-order valence-electron chi connectivity index (χ1n) is 9.87. The first kappa shape index (κ1) is 21.0. The number of piperazine rings is 1. The van der Waals surface area contributed by atoms with Crippen molar-refractivity contribution in [3.8, 4) is 16.9 Å². The lowest BCUT2D eigenvalue weighted by molar-refractivity contribution is 0.385. The first-order chi connectivity index (χ1) is 14.9. The van der Waals surface area contributed by atoms with Gasteiger partial charge in [-0.1, -0.05) is 18.2 Å². The van der Waals surface area contributed by atoms with Crippen molar-refractivity contribution in [1.29, 1.82) is 0 Å². The Hall–Kier alpha value is -3.24. The van der Waals surface area contributed by atoms with Crippen LogP contribution in [0.1, 0.15) is 5.69 Å². The number of ether oxygens (including phenoxy) is 1. The summed E-state index contributed by atoms with van der Waals surface area (Å²) in [4.78, 5) is 15.1. The van der Waals surface area contributed by atoms with Crippen LogP contribution >= 0.6 is 0 Å². The monoisotopic (exact) mass is 440 g/mol. The first-order valence-corrected chi connectivity index (χ1v) is 11.3. The van der Waals surface area contributed by atoms with Crippen molar-refractivity contribution in [3.05, 3.63) is 60.6 Å². The molecule has 0 unspecified atom stereocenters. The Morgan fingerprint density at radius 3 is 2.23 bits per heavy atom. The van der Waals surface area contributed by atoms with Gasteiger partial charge in [0.1, 0.15) is 11.6 Å². The molecular formula is C21H24N6O3S. The van der Waals surface area contributed by atoms with E-state index < -0.39 is 10.2 Å². The molecule has 9 nitrogen and oxygen atoms in total. The van der Waals surface area contributed by atoms with Gasteiger partial charge in [0.15, 0.2) is 0 Å². The van der Waals surface area contributed by atoms with Crippen molar-refractivity contribution >= 4 is 22.0 Å². The third-order valence-corrected chi connectivity index (χ3v) is 6.56. The molecule has 0 amide bonds. The van der Waals surface area contributed by atoms with Crippen LogP contribution in [0.25, 0.3) is 11.1 Å². The lowest BCUT2D eigenvalue weighted by atomic mass is 10.1. The lowest BCUT2D eigenvalue weighted by Gasteiger charge is -2.33. The summed E-state index contributed by atoms with van der Waals surface area (Å²) in [5, 5.41) is 0. The van der Waals surface area contributed by atoms with Gasteiger partial charge >= 0.3 is 10.2 Å². The summed E-state index contributed by atoms with van der Waals surface area (Å²) < 4.78 is 34.5. The van der Waals surface area contributed by atoms with Crippen LogP contribution in [0.3, 0.4) is 0 Å². The predicted molar refractivity (Wildman–Crippen MR) is 119 cm³/mol. The highest BCUT2D eigenvalue weighted by molar-refractivity contribution is 7.90. The molecule has 0 radical (unpaired) electrons. The van der Waals surface area contributed by atoms with Crippen LogP contribution in [-0.2, 0) is 10.2 Å². The number of benzene rings is 1. The number of pyridine rings is 1. The Morgan fingerprint density at radius 2 is 1.61 bits per heavy atom. The minimum absolute atomic E-state index is 0.319. The van der Waals surface area contributed by atoms with Gasteiger partial charge in [-0.2, -0.15) is 12.7 Å². The quantitative estimate of drug-likeness (QED) is 0.628. The van der Waals surface area contributed by atoms with Gasteiger partial charge in [0, 0.05) is 49.8 Å². The molecule has 162 valence electrons. The van der Waals surface area contributed by atoms with E-state index in [0.717, 1.165) is 22.6 Å². The molecule has 3 aromatic rings. The minimum Gasteiger partial charge on any atom is -0.497 e. The van der Waals surface area contributed by atoms with Gasteiger partial charge in [-0.25, -0.2) is 15.0 Å². The number of anilines is 2.